The molecule has 0 radical (unpaired) electrons. The van der Waals surface area contributed by atoms with Crippen LogP contribution in [0, 0.1) is 3.57 Å². The zero-order chi connectivity index (χ0) is 15.2. The standard InChI is InChI=1S/C17H18INO2/c1-3-21-14-10-8-13(9-11-14)12(2)19-17(20)15-6-4-5-7-16(15)18/h4-12H,3H2,1-2H3,(H,19,20)/t12-/m0/s1. The quantitative estimate of drug-likeness (QED) is 0.772. The first-order valence-electron chi connectivity index (χ1n) is 6.90. The smallest absolute Gasteiger partial charge is 0.252 e. The summed E-state index contributed by atoms with van der Waals surface area (Å²) in [6, 6.07) is 15.3. The lowest BCUT2D eigenvalue weighted by molar-refractivity contribution is 0.0939. The lowest BCUT2D eigenvalue weighted by Crippen LogP contribution is -2.27. The molecule has 1 N–H and O–H groups in total. The van der Waals surface area contributed by atoms with Crippen molar-refractivity contribution >= 4 is 28.5 Å². The number of nitrogens with one attached hydrogen (secondary N) is 1. The van der Waals surface area contributed by atoms with Gasteiger partial charge in [-0.15, -0.1) is 0 Å². The molecule has 2 aromatic carbocycles. The molecule has 0 spiro atoms. The van der Waals surface area contributed by atoms with E-state index in [4.69, 9.17) is 4.74 Å². The summed E-state index contributed by atoms with van der Waals surface area (Å²) in [5.41, 5.74) is 1.76. The van der Waals surface area contributed by atoms with E-state index in [1.807, 2.05) is 62.4 Å². The molecule has 0 heterocycles. The van der Waals surface area contributed by atoms with E-state index in [1.165, 1.54) is 0 Å². The number of carbonyl (C=O) groups excluding carboxylic acids is 1. The maximum Gasteiger partial charge on any atom is 0.252 e. The van der Waals surface area contributed by atoms with E-state index in [2.05, 4.69) is 27.9 Å². The Labute approximate surface area is 138 Å². The van der Waals surface area contributed by atoms with Gasteiger partial charge in [-0.2, -0.15) is 0 Å². The first-order valence-corrected chi connectivity index (χ1v) is 7.98. The molecule has 0 saturated carbocycles. The normalized spacial score (nSPS) is 11.8. The fourth-order valence-corrected chi connectivity index (χ4v) is 2.65. The first-order chi connectivity index (χ1) is 10.1. The number of benzene rings is 2. The largest absolute Gasteiger partial charge is 0.494 e. The van der Waals surface area contributed by atoms with E-state index in [9.17, 15) is 4.79 Å². The molecule has 0 bridgehead atoms. The van der Waals surface area contributed by atoms with Crippen molar-refractivity contribution in [3.8, 4) is 5.75 Å². The van der Waals surface area contributed by atoms with Gasteiger partial charge in [0, 0.05) is 3.57 Å². The Morgan fingerprint density at radius 1 is 1.19 bits per heavy atom. The second kappa shape index (κ2) is 7.45. The van der Waals surface area contributed by atoms with Crippen molar-refractivity contribution in [3.05, 3.63) is 63.2 Å². The number of hydrogen-bond acceptors (Lipinski definition) is 2. The molecule has 4 heteroatoms. The van der Waals surface area contributed by atoms with E-state index in [1.54, 1.807) is 0 Å². The number of hydrogen-bond donors (Lipinski definition) is 1. The Balaban J connectivity index is 2.05. The Morgan fingerprint density at radius 3 is 2.48 bits per heavy atom. The highest BCUT2D eigenvalue weighted by atomic mass is 127. The van der Waals surface area contributed by atoms with Gasteiger partial charge in [0.15, 0.2) is 0 Å². The molecule has 0 fully saturated rings. The molecule has 0 unspecified atom stereocenters. The van der Waals surface area contributed by atoms with Crippen molar-refractivity contribution < 1.29 is 9.53 Å². The van der Waals surface area contributed by atoms with E-state index in [-0.39, 0.29) is 11.9 Å². The van der Waals surface area contributed by atoms with Crippen molar-refractivity contribution in [2.45, 2.75) is 19.9 Å². The summed E-state index contributed by atoms with van der Waals surface area (Å²) in [7, 11) is 0. The molecular formula is C17H18INO2. The summed E-state index contributed by atoms with van der Waals surface area (Å²) in [4.78, 5) is 12.3. The minimum atomic E-state index is -0.0543. The SMILES string of the molecule is CCOc1ccc([C@H](C)NC(=O)c2ccccc2I)cc1. The Hall–Kier alpha value is -1.56. The van der Waals surface area contributed by atoms with Crippen LogP contribution >= 0.6 is 22.6 Å². The highest BCUT2D eigenvalue weighted by Crippen LogP contribution is 2.19. The molecule has 2 aromatic rings. The molecule has 1 atom stereocenters. The van der Waals surface area contributed by atoms with Crippen molar-refractivity contribution in [1.29, 1.82) is 0 Å². The Morgan fingerprint density at radius 2 is 1.86 bits per heavy atom. The molecule has 0 aliphatic carbocycles. The van der Waals surface area contributed by atoms with Crippen LogP contribution in [0.1, 0.15) is 35.8 Å². The third kappa shape index (κ3) is 4.20. The molecule has 0 aliphatic rings. The van der Waals surface area contributed by atoms with E-state index in [0.29, 0.717) is 12.2 Å². The predicted molar refractivity (Wildman–Crippen MR) is 92.7 cm³/mol. The molecule has 3 nitrogen and oxygen atoms in total. The lowest BCUT2D eigenvalue weighted by atomic mass is 10.1. The highest BCUT2D eigenvalue weighted by Gasteiger charge is 2.13. The molecule has 2 rings (SSSR count). The van der Waals surface area contributed by atoms with Crippen molar-refractivity contribution in [3.63, 3.8) is 0 Å². The Kier molecular flexibility index (Phi) is 5.61. The summed E-state index contributed by atoms with van der Waals surface area (Å²) in [5.74, 6) is 0.791. The number of amides is 1. The van der Waals surface area contributed by atoms with Crippen LogP contribution in [0.15, 0.2) is 48.5 Å². The van der Waals surface area contributed by atoms with Gasteiger partial charge >= 0.3 is 0 Å². The van der Waals surface area contributed by atoms with Crippen molar-refractivity contribution in [2.75, 3.05) is 6.61 Å². The van der Waals surface area contributed by atoms with E-state index >= 15 is 0 Å². The minimum absolute atomic E-state index is 0.0517. The second-order valence-electron chi connectivity index (χ2n) is 4.68. The molecule has 0 saturated heterocycles. The zero-order valence-electron chi connectivity index (χ0n) is 12.1. The summed E-state index contributed by atoms with van der Waals surface area (Å²) in [6.07, 6.45) is 0. The highest BCUT2D eigenvalue weighted by molar-refractivity contribution is 14.1. The molecular weight excluding hydrogens is 377 g/mol. The fourth-order valence-electron chi connectivity index (χ4n) is 2.02. The predicted octanol–water partition coefficient (Wildman–Crippen LogP) is 4.18. The van der Waals surface area contributed by atoms with Gasteiger partial charge in [0.1, 0.15) is 5.75 Å². The third-order valence-corrected chi connectivity index (χ3v) is 4.10. The van der Waals surface area contributed by atoms with Crippen molar-refractivity contribution in [2.24, 2.45) is 0 Å². The minimum Gasteiger partial charge on any atom is -0.494 e. The molecule has 1 amide bonds. The number of carbonyl (C=O) groups is 1. The monoisotopic (exact) mass is 395 g/mol. The fraction of sp³-hybridized carbons (Fsp3) is 0.235. The number of ether oxygens (including phenoxy) is 1. The molecule has 110 valence electrons. The first kappa shape index (κ1) is 15.8. The second-order valence-corrected chi connectivity index (χ2v) is 5.84. The maximum atomic E-state index is 12.3. The van der Waals surface area contributed by atoms with Crippen LogP contribution in [0.2, 0.25) is 0 Å². The van der Waals surface area contributed by atoms with Gasteiger partial charge in [0.25, 0.3) is 5.91 Å². The lowest BCUT2D eigenvalue weighted by Gasteiger charge is -2.15. The van der Waals surface area contributed by atoms with Gasteiger partial charge in [0.2, 0.25) is 0 Å². The average Bonchev–Trinajstić information content (AvgIpc) is 2.48. The van der Waals surface area contributed by atoms with Crippen LogP contribution in [0.5, 0.6) is 5.75 Å². The maximum absolute atomic E-state index is 12.3. The molecule has 0 aliphatic heterocycles. The third-order valence-electron chi connectivity index (χ3n) is 3.16. The van der Waals surface area contributed by atoms with Crippen LogP contribution in [-0.2, 0) is 0 Å². The summed E-state index contributed by atoms with van der Waals surface area (Å²) < 4.78 is 6.37. The van der Waals surface area contributed by atoms with Crippen molar-refractivity contribution in [1.82, 2.24) is 5.32 Å². The summed E-state index contributed by atoms with van der Waals surface area (Å²) >= 11 is 2.17. The molecule has 21 heavy (non-hydrogen) atoms. The van der Waals surface area contributed by atoms with Crippen LogP contribution in [-0.4, -0.2) is 12.5 Å². The number of rotatable bonds is 5. The zero-order valence-corrected chi connectivity index (χ0v) is 14.3. The Bertz CT molecular complexity index is 610. The molecule has 0 aromatic heterocycles. The van der Waals surface area contributed by atoms with Crippen LogP contribution in [0.3, 0.4) is 0 Å². The topological polar surface area (TPSA) is 38.3 Å². The van der Waals surface area contributed by atoms with Gasteiger partial charge in [0.05, 0.1) is 18.2 Å². The number of halogens is 1. The van der Waals surface area contributed by atoms with Gasteiger partial charge in [-0.1, -0.05) is 24.3 Å². The summed E-state index contributed by atoms with van der Waals surface area (Å²) in [6.45, 7) is 4.58. The van der Waals surface area contributed by atoms with Crippen LogP contribution in [0.4, 0.5) is 0 Å². The van der Waals surface area contributed by atoms with Gasteiger partial charge in [-0.3, -0.25) is 4.79 Å². The van der Waals surface area contributed by atoms with Gasteiger partial charge < -0.3 is 10.1 Å². The van der Waals surface area contributed by atoms with E-state index < -0.39 is 0 Å². The van der Waals surface area contributed by atoms with Crippen LogP contribution < -0.4 is 10.1 Å². The van der Waals surface area contributed by atoms with Crippen LogP contribution in [0.25, 0.3) is 0 Å². The van der Waals surface area contributed by atoms with E-state index in [0.717, 1.165) is 14.9 Å². The average molecular weight is 395 g/mol. The summed E-state index contributed by atoms with van der Waals surface area (Å²) in [5, 5.41) is 3.02. The van der Waals surface area contributed by atoms with Gasteiger partial charge in [-0.25, -0.2) is 0 Å². The van der Waals surface area contributed by atoms with Gasteiger partial charge in [-0.05, 0) is 66.3 Å².